The van der Waals surface area contributed by atoms with Gasteiger partial charge in [0.25, 0.3) is 5.89 Å². The Kier molecular flexibility index (Phi) is 2.52. The number of aromatic nitrogens is 1. The number of aryl methyl sites for hydroxylation is 1. The zero-order chi connectivity index (χ0) is 10.1. The second-order valence-corrected chi connectivity index (χ2v) is 3.40. The molecule has 0 unspecified atom stereocenters. The van der Waals surface area contributed by atoms with E-state index in [9.17, 15) is 0 Å². The van der Waals surface area contributed by atoms with Crippen LogP contribution >= 0.6 is 23.2 Å². The average Bonchev–Trinajstić information content (AvgIpc) is 2.71. The fraction of sp³-hybridized carbons (Fsp3) is 0.222. The van der Waals surface area contributed by atoms with Crippen LogP contribution in [-0.4, -0.2) is 4.98 Å². The van der Waals surface area contributed by atoms with E-state index in [-0.39, 0.29) is 0 Å². The van der Waals surface area contributed by atoms with Gasteiger partial charge in [0, 0.05) is 0 Å². The lowest BCUT2D eigenvalue weighted by molar-refractivity contribution is 0.498. The lowest BCUT2D eigenvalue weighted by Gasteiger charge is -1.87. The van der Waals surface area contributed by atoms with Crippen molar-refractivity contribution in [1.29, 1.82) is 0 Å². The second kappa shape index (κ2) is 3.67. The molecular formula is C9H7Cl2NO2. The maximum Gasteiger partial charge on any atom is 0.263 e. The van der Waals surface area contributed by atoms with Crippen molar-refractivity contribution in [2.45, 2.75) is 12.8 Å². The van der Waals surface area contributed by atoms with Gasteiger partial charge in [0.1, 0.15) is 5.76 Å². The Morgan fingerprint density at radius 2 is 2.14 bits per heavy atom. The van der Waals surface area contributed by atoms with Gasteiger partial charge in [-0.3, -0.25) is 0 Å². The SMILES string of the molecule is Cc1nc(-c2ccc(Cl)o2)oc1CCl. The quantitative estimate of drug-likeness (QED) is 0.742. The van der Waals surface area contributed by atoms with Crippen molar-refractivity contribution >= 4 is 23.2 Å². The van der Waals surface area contributed by atoms with Crippen LogP contribution in [0.2, 0.25) is 5.22 Å². The molecular weight excluding hydrogens is 225 g/mol. The maximum atomic E-state index is 5.65. The third kappa shape index (κ3) is 1.65. The van der Waals surface area contributed by atoms with Crippen molar-refractivity contribution in [2.75, 3.05) is 0 Å². The molecule has 0 aliphatic carbocycles. The van der Waals surface area contributed by atoms with Gasteiger partial charge in [-0.25, -0.2) is 4.98 Å². The van der Waals surface area contributed by atoms with E-state index < -0.39 is 0 Å². The molecule has 2 aromatic rings. The molecule has 0 N–H and O–H groups in total. The van der Waals surface area contributed by atoms with Gasteiger partial charge in [0.05, 0.1) is 11.6 Å². The largest absolute Gasteiger partial charge is 0.440 e. The Morgan fingerprint density at radius 3 is 2.64 bits per heavy atom. The molecule has 0 bridgehead atoms. The van der Waals surface area contributed by atoms with Gasteiger partial charge in [-0.15, -0.1) is 11.6 Å². The third-order valence-corrected chi connectivity index (χ3v) is 2.24. The summed E-state index contributed by atoms with van der Waals surface area (Å²) >= 11 is 11.3. The smallest absolute Gasteiger partial charge is 0.263 e. The third-order valence-electron chi connectivity index (χ3n) is 1.80. The van der Waals surface area contributed by atoms with E-state index in [4.69, 9.17) is 32.0 Å². The van der Waals surface area contributed by atoms with Crippen molar-refractivity contribution in [1.82, 2.24) is 4.98 Å². The van der Waals surface area contributed by atoms with Crippen molar-refractivity contribution in [3.8, 4) is 11.7 Å². The summed E-state index contributed by atoms with van der Waals surface area (Å²) in [7, 11) is 0. The summed E-state index contributed by atoms with van der Waals surface area (Å²) in [5.74, 6) is 1.86. The van der Waals surface area contributed by atoms with Crippen LogP contribution in [-0.2, 0) is 5.88 Å². The molecule has 0 aliphatic rings. The van der Waals surface area contributed by atoms with Gasteiger partial charge < -0.3 is 8.83 Å². The number of halogens is 2. The Balaban J connectivity index is 2.42. The molecule has 0 aromatic carbocycles. The number of nitrogens with zero attached hydrogens (tertiary/aromatic N) is 1. The minimum absolute atomic E-state index is 0.299. The number of furan rings is 1. The summed E-state index contributed by atoms with van der Waals surface area (Å²) in [6, 6.07) is 3.34. The molecule has 2 heterocycles. The van der Waals surface area contributed by atoms with Crippen LogP contribution < -0.4 is 0 Å². The van der Waals surface area contributed by atoms with Crippen molar-refractivity contribution in [3.63, 3.8) is 0 Å². The molecule has 0 radical (unpaired) electrons. The molecule has 0 saturated carbocycles. The first-order valence-corrected chi connectivity index (χ1v) is 4.90. The van der Waals surface area contributed by atoms with Crippen molar-refractivity contribution in [2.24, 2.45) is 0 Å². The molecule has 5 heteroatoms. The zero-order valence-corrected chi connectivity index (χ0v) is 8.89. The summed E-state index contributed by atoms with van der Waals surface area (Å²) < 4.78 is 10.5. The molecule has 2 rings (SSSR count). The van der Waals surface area contributed by atoms with E-state index in [0.717, 1.165) is 5.69 Å². The number of oxazole rings is 1. The van der Waals surface area contributed by atoms with Crippen molar-refractivity contribution < 1.29 is 8.83 Å². The highest BCUT2D eigenvalue weighted by molar-refractivity contribution is 6.28. The highest BCUT2D eigenvalue weighted by atomic mass is 35.5. The second-order valence-electron chi connectivity index (χ2n) is 2.76. The Morgan fingerprint density at radius 1 is 1.36 bits per heavy atom. The van der Waals surface area contributed by atoms with E-state index in [1.165, 1.54) is 0 Å². The fourth-order valence-corrected chi connectivity index (χ4v) is 1.48. The van der Waals surface area contributed by atoms with Gasteiger partial charge in [0.15, 0.2) is 11.0 Å². The first-order valence-electron chi connectivity index (χ1n) is 3.98. The summed E-state index contributed by atoms with van der Waals surface area (Å²) in [6.07, 6.45) is 0. The summed E-state index contributed by atoms with van der Waals surface area (Å²) in [4.78, 5) is 4.16. The predicted octanol–water partition coefficient (Wildman–Crippen LogP) is 3.64. The van der Waals surface area contributed by atoms with Crippen LogP contribution in [0.15, 0.2) is 21.0 Å². The molecule has 3 nitrogen and oxygen atoms in total. The minimum Gasteiger partial charge on any atom is -0.440 e. The van der Waals surface area contributed by atoms with E-state index in [1.54, 1.807) is 12.1 Å². The van der Waals surface area contributed by atoms with Gasteiger partial charge in [0.2, 0.25) is 0 Å². The zero-order valence-electron chi connectivity index (χ0n) is 7.38. The normalized spacial score (nSPS) is 10.8. The molecule has 0 spiro atoms. The molecule has 14 heavy (non-hydrogen) atoms. The molecule has 0 saturated heterocycles. The van der Waals surface area contributed by atoms with E-state index >= 15 is 0 Å². The average molecular weight is 232 g/mol. The summed E-state index contributed by atoms with van der Waals surface area (Å²) in [5.41, 5.74) is 0.766. The van der Waals surface area contributed by atoms with Crippen LogP contribution in [0.25, 0.3) is 11.7 Å². The van der Waals surface area contributed by atoms with Gasteiger partial charge >= 0.3 is 0 Å². The van der Waals surface area contributed by atoms with E-state index in [2.05, 4.69) is 4.98 Å². The van der Waals surface area contributed by atoms with Gasteiger partial charge in [-0.05, 0) is 30.7 Å². The van der Waals surface area contributed by atoms with Gasteiger partial charge in [-0.1, -0.05) is 0 Å². The highest BCUT2D eigenvalue weighted by Crippen LogP contribution is 2.26. The molecule has 74 valence electrons. The van der Waals surface area contributed by atoms with Crippen LogP contribution in [0.4, 0.5) is 0 Å². The number of hydrogen-bond acceptors (Lipinski definition) is 3. The molecule has 0 aliphatic heterocycles. The Hall–Kier alpha value is -0.930. The fourth-order valence-electron chi connectivity index (χ4n) is 1.09. The van der Waals surface area contributed by atoms with Crippen molar-refractivity contribution in [3.05, 3.63) is 28.8 Å². The van der Waals surface area contributed by atoms with Crippen LogP contribution in [0, 0.1) is 6.92 Å². The standard InChI is InChI=1S/C9H7Cl2NO2/c1-5-7(4-10)14-9(12-5)6-2-3-8(11)13-6/h2-3H,4H2,1H3. The monoisotopic (exact) mass is 231 g/mol. The summed E-state index contributed by atoms with van der Waals surface area (Å²) in [6.45, 7) is 1.83. The number of alkyl halides is 1. The first kappa shape index (κ1) is 9.62. The van der Waals surface area contributed by atoms with Crippen LogP contribution in [0.5, 0.6) is 0 Å². The lowest BCUT2D eigenvalue weighted by atomic mass is 10.4. The predicted molar refractivity (Wildman–Crippen MR) is 53.5 cm³/mol. The molecule has 0 fully saturated rings. The first-order chi connectivity index (χ1) is 6.70. The Labute approximate surface area is 90.6 Å². The molecule has 0 atom stereocenters. The van der Waals surface area contributed by atoms with Crippen LogP contribution in [0.3, 0.4) is 0 Å². The lowest BCUT2D eigenvalue weighted by Crippen LogP contribution is -1.76. The molecule has 0 amide bonds. The van der Waals surface area contributed by atoms with Crippen LogP contribution in [0.1, 0.15) is 11.5 Å². The summed E-state index contributed by atoms with van der Waals surface area (Å²) in [5, 5.41) is 0.309. The Bertz CT molecular complexity index is 447. The number of hydrogen-bond donors (Lipinski definition) is 0. The highest BCUT2D eigenvalue weighted by Gasteiger charge is 2.13. The minimum atomic E-state index is 0.299. The maximum absolute atomic E-state index is 5.65. The van der Waals surface area contributed by atoms with E-state index in [0.29, 0.717) is 28.5 Å². The topological polar surface area (TPSA) is 39.2 Å². The molecule has 2 aromatic heterocycles. The van der Waals surface area contributed by atoms with E-state index in [1.807, 2.05) is 6.92 Å². The van der Waals surface area contributed by atoms with Gasteiger partial charge in [-0.2, -0.15) is 0 Å². The number of rotatable bonds is 2.